The zero-order chi connectivity index (χ0) is 22.9. The second-order valence-corrected chi connectivity index (χ2v) is 9.61. The van der Waals surface area contributed by atoms with Crippen LogP contribution in [-0.2, 0) is 5.41 Å². The van der Waals surface area contributed by atoms with E-state index in [4.69, 9.17) is 9.40 Å². The third kappa shape index (κ3) is 2.60. The summed E-state index contributed by atoms with van der Waals surface area (Å²) in [5.74, 6) is 0. The topological polar surface area (TPSA) is 26.0 Å². The van der Waals surface area contributed by atoms with Gasteiger partial charge >= 0.3 is 0 Å². The van der Waals surface area contributed by atoms with Crippen LogP contribution in [0, 0.1) is 0 Å². The van der Waals surface area contributed by atoms with Gasteiger partial charge in [0.1, 0.15) is 11.2 Å². The predicted molar refractivity (Wildman–Crippen MR) is 140 cm³/mol. The number of benzene rings is 4. The van der Waals surface area contributed by atoms with Crippen LogP contribution in [0.15, 0.2) is 108 Å². The summed E-state index contributed by atoms with van der Waals surface area (Å²) in [6.07, 6.45) is 1.93. The van der Waals surface area contributed by atoms with E-state index in [1.165, 1.54) is 33.2 Å². The SMILES string of the molecule is CC1(C)c2ccccc2-c2c1cc1oc3ccccc3c1c2-c1ccnc(-c2ccccc2)c1. The summed E-state index contributed by atoms with van der Waals surface area (Å²) in [6.45, 7) is 4.63. The molecule has 2 aromatic heterocycles. The zero-order valence-electron chi connectivity index (χ0n) is 19.2. The van der Waals surface area contributed by atoms with Gasteiger partial charge in [0.15, 0.2) is 0 Å². The van der Waals surface area contributed by atoms with Crippen molar-refractivity contribution >= 4 is 21.9 Å². The van der Waals surface area contributed by atoms with Gasteiger partial charge in [-0.25, -0.2) is 0 Å². The third-order valence-electron chi connectivity index (χ3n) is 7.33. The third-order valence-corrected chi connectivity index (χ3v) is 7.33. The lowest BCUT2D eigenvalue weighted by atomic mass is 9.81. The molecule has 0 unspecified atom stereocenters. The van der Waals surface area contributed by atoms with E-state index in [2.05, 4.69) is 98.8 Å². The molecule has 162 valence electrons. The average Bonchev–Trinajstić information content (AvgIpc) is 3.36. The highest BCUT2D eigenvalue weighted by molar-refractivity contribution is 6.17. The zero-order valence-corrected chi connectivity index (χ0v) is 19.2. The van der Waals surface area contributed by atoms with Gasteiger partial charge in [0, 0.05) is 33.5 Å². The van der Waals surface area contributed by atoms with Crippen molar-refractivity contribution in [3.63, 3.8) is 0 Å². The Labute approximate surface area is 198 Å². The first kappa shape index (κ1) is 19.3. The Morgan fingerprint density at radius 1 is 0.647 bits per heavy atom. The normalized spacial score (nSPS) is 13.8. The maximum atomic E-state index is 6.43. The molecule has 7 rings (SSSR count). The summed E-state index contributed by atoms with van der Waals surface area (Å²) >= 11 is 0. The van der Waals surface area contributed by atoms with Crippen LogP contribution in [0.5, 0.6) is 0 Å². The fourth-order valence-corrected chi connectivity index (χ4v) is 5.69. The maximum absolute atomic E-state index is 6.43. The summed E-state index contributed by atoms with van der Waals surface area (Å²) < 4.78 is 6.43. The molecule has 0 spiro atoms. The molecule has 2 nitrogen and oxygen atoms in total. The number of rotatable bonds is 2. The van der Waals surface area contributed by atoms with Crippen molar-refractivity contribution in [2.45, 2.75) is 19.3 Å². The van der Waals surface area contributed by atoms with Crippen molar-refractivity contribution < 1.29 is 4.42 Å². The molecule has 0 radical (unpaired) electrons. The minimum atomic E-state index is -0.108. The lowest BCUT2D eigenvalue weighted by Gasteiger charge is -2.22. The van der Waals surface area contributed by atoms with E-state index < -0.39 is 0 Å². The number of aromatic nitrogens is 1. The molecule has 0 saturated heterocycles. The second-order valence-electron chi connectivity index (χ2n) is 9.61. The summed E-state index contributed by atoms with van der Waals surface area (Å²) in [6, 6.07) is 34.2. The Bertz CT molecular complexity index is 1720. The number of hydrogen-bond acceptors (Lipinski definition) is 2. The minimum absolute atomic E-state index is 0.108. The van der Waals surface area contributed by atoms with Gasteiger partial charge in [0.2, 0.25) is 0 Å². The van der Waals surface area contributed by atoms with Crippen molar-refractivity contribution in [1.82, 2.24) is 4.98 Å². The highest BCUT2D eigenvalue weighted by Crippen LogP contribution is 2.55. The first-order valence-electron chi connectivity index (χ1n) is 11.7. The van der Waals surface area contributed by atoms with Crippen LogP contribution in [-0.4, -0.2) is 4.98 Å². The molecular weight excluding hydrogens is 414 g/mol. The minimum Gasteiger partial charge on any atom is -0.456 e. The average molecular weight is 438 g/mol. The van der Waals surface area contributed by atoms with Crippen LogP contribution < -0.4 is 0 Å². The molecule has 0 N–H and O–H groups in total. The lowest BCUT2D eigenvalue weighted by molar-refractivity contribution is 0.647. The predicted octanol–water partition coefficient (Wildman–Crippen LogP) is 8.62. The molecular formula is C32H23NO. The van der Waals surface area contributed by atoms with E-state index in [0.717, 1.165) is 33.4 Å². The molecule has 34 heavy (non-hydrogen) atoms. The number of fused-ring (bicyclic) bond motifs is 6. The van der Waals surface area contributed by atoms with E-state index in [1.807, 2.05) is 18.3 Å². The number of para-hydroxylation sites is 1. The van der Waals surface area contributed by atoms with Gasteiger partial charge in [-0.3, -0.25) is 4.98 Å². The molecule has 2 heterocycles. The molecule has 1 aliphatic carbocycles. The Morgan fingerprint density at radius 3 is 2.29 bits per heavy atom. The largest absolute Gasteiger partial charge is 0.456 e. The fraction of sp³-hybridized carbons (Fsp3) is 0.0938. The van der Waals surface area contributed by atoms with Gasteiger partial charge in [-0.1, -0.05) is 86.6 Å². The number of furan rings is 1. The highest BCUT2D eigenvalue weighted by Gasteiger charge is 2.38. The van der Waals surface area contributed by atoms with Crippen molar-refractivity contribution in [2.75, 3.05) is 0 Å². The summed E-state index contributed by atoms with van der Waals surface area (Å²) in [7, 11) is 0. The molecule has 2 heteroatoms. The Kier molecular flexibility index (Phi) is 3.93. The molecule has 6 aromatic rings. The summed E-state index contributed by atoms with van der Waals surface area (Å²) in [4.78, 5) is 4.71. The smallest absolute Gasteiger partial charge is 0.136 e. The maximum Gasteiger partial charge on any atom is 0.136 e. The quantitative estimate of drug-likeness (QED) is 0.271. The van der Waals surface area contributed by atoms with Crippen molar-refractivity contribution in [1.29, 1.82) is 0 Å². The van der Waals surface area contributed by atoms with Crippen LogP contribution in [0.2, 0.25) is 0 Å². The van der Waals surface area contributed by atoms with Gasteiger partial charge in [-0.2, -0.15) is 0 Å². The van der Waals surface area contributed by atoms with Gasteiger partial charge in [0.05, 0.1) is 5.69 Å². The molecule has 4 aromatic carbocycles. The lowest BCUT2D eigenvalue weighted by Crippen LogP contribution is -2.14. The van der Waals surface area contributed by atoms with E-state index >= 15 is 0 Å². The van der Waals surface area contributed by atoms with E-state index in [-0.39, 0.29) is 5.41 Å². The summed E-state index contributed by atoms with van der Waals surface area (Å²) in [5, 5.41) is 2.32. The summed E-state index contributed by atoms with van der Waals surface area (Å²) in [5.41, 5.74) is 11.5. The molecule has 0 aliphatic heterocycles. The Balaban J connectivity index is 1.64. The Morgan fingerprint density at radius 2 is 1.41 bits per heavy atom. The van der Waals surface area contributed by atoms with Crippen molar-refractivity contribution in [3.8, 4) is 33.5 Å². The van der Waals surface area contributed by atoms with Crippen LogP contribution in [0.1, 0.15) is 25.0 Å². The molecule has 1 aliphatic rings. The monoisotopic (exact) mass is 437 g/mol. The fourth-order valence-electron chi connectivity index (χ4n) is 5.69. The molecule has 0 bridgehead atoms. The van der Waals surface area contributed by atoms with E-state index in [1.54, 1.807) is 0 Å². The number of hydrogen-bond donors (Lipinski definition) is 0. The first-order valence-corrected chi connectivity index (χ1v) is 11.7. The van der Waals surface area contributed by atoms with Crippen LogP contribution in [0.25, 0.3) is 55.4 Å². The van der Waals surface area contributed by atoms with Crippen molar-refractivity contribution in [2.24, 2.45) is 0 Å². The molecule has 0 saturated carbocycles. The van der Waals surface area contributed by atoms with Gasteiger partial charge < -0.3 is 4.42 Å². The standard InChI is InChI=1S/C32H23NO/c1-32(2)24-14-8-6-12-22(24)30-25(32)19-28-31(23-13-7-9-15-27(23)34-28)29(30)21-16-17-33-26(18-21)20-10-4-3-5-11-20/h3-19H,1-2H3. The second kappa shape index (κ2) is 6.91. The van der Waals surface area contributed by atoms with Crippen molar-refractivity contribution in [3.05, 3.63) is 114 Å². The molecule has 0 atom stereocenters. The Hall–Kier alpha value is -4.17. The van der Waals surface area contributed by atoms with E-state index in [9.17, 15) is 0 Å². The highest BCUT2D eigenvalue weighted by atomic mass is 16.3. The number of pyridine rings is 1. The van der Waals surface area contributed by atoms with Gasteiger partial charge in [-0.05, 0) is 52.1 Å². The van der Waals surface area contributed by atoms with Gasteiger partial charge in [0.25, 0.3) is 0 Å². The van der Waals surface area contributed by atoms with E-state index in [0.29, 0.717) is 0 Å². The molecule has 0 fully saturated rings. The van der Waals surface area contributed by atoms with Crippen LogP contribution in [0.4, 0.5) is 0 Å². The molecule has 0 amide bonds. The van der Waals surface area contributed by atoms with Crippen LogP contribution >= 0.6 is 0 Å². The number of nitrogens with zero attached hydrogens (tertiary/aromatic N) is 1. The first-order chi connectivity index (χ1) is 16.6. The van der Waals surface area contributed by atoms with Gasteiger partial charge in [-0.15, -0.1) is 0 Å². The van der Waals surface area contributed by atoms with Crippen LogP contribution in [0.3, 0.4) is 0 Å².